The van der Waals surface area contributed by atoms with Gasteiger partial charge in [0.05, 0.1) is 40.4 Å². The Morgan fingerprint density at radius 3 is 2.46 bits per heavy atom. The SMILES string of the molecule is COc1ccc(C(=O)N2CC[NH+](Cc3cccc(Br)c3)CC2)cc1OC. The Labute approximate surface area is 162 Å². The highest BCUT2D eigenvalue weighted by Gasteiger charge is 2.25. The lowest BCUT2D eigenvalue weighted by atomic mass is 10.1. The minimum atomic E-state index is 0.0486. The molecule has 0 unspecified atom stereocenters. The van der Waals surface area contributed by atoms with E-state index in [2.05, 4.69) is 34.1 Å². The molecule has 6 heteroatoms. The number of hydrogen-bond acceptors (Lipinski definition) is 3. The van der Waals surface area contributed by atoms with Gasteiger partial charge >= 0.3 is 0 Å². The second kappa shape index (κ2) is 8.56. The van der Waals surface area contributed by atoms with E-state index in [9.17, 15) is 4.79 Å². The summed E-state index contributed by atoms with van der Waals surface area (Å²) in [7, 11) is 3.17. The third kappa shape index (κ3) is 4.37. The lowest BCUT2D eigenvalue weighted by Crippen LogP contribution is -3.13. The van der Waals surface area contributed by atoms with Crippen molar-refractivity contribution >= 4 is 21.8 Å². The van der Waals surface area contributed by atoms with E-state index in [1.54, 1.807) is 32.4 Å². The Kier molecular flexibility index (Phi) is 6.16. The van der Waals surface area contributed by atoms with Crippen molar-refractivity contribution in [3.8, 4) is 11.5 Å². The zero-order chi connectivity index (χ0) is 18.5. The summed E-state index contributed by atoms with van der Waals surface area (Å²) in [6.07, 6.45) is 0. The first-order valence-corrected chi connectivity index (χ1v) is 9.49. The van der Waals surface area contributed by atoms with Crippen molar-refractivity contribution < 1.29 is 19.2 Å². The highest BCUT2D eigenvalue weighted by Crippen LogP contribution is 2.28. The van der Waals surface area contributed by atoms with Gasteiger partial charge in [0, 0.05) is 15.6 Å². The molecule has 5 nitrogen and oxygen atoms in total. The van der Waals surface area contributed by atoms with Gasteiger partial charge in [-0.15, -0.1) is 0 Å². The molecule has 1 aliphatic heterocycles. The molecule has 0 spiro atoms. The van der Waals surface area contributed by atoms with E-state index in [4.69, 9.17) is 9.47 Å². The van der Waals surface area contributed by atoms with E-state index in [0.717, 1.165) is 37.2 Å². The topological polar surface area (TPSA) is 43.2 Å². The summed E-state index contributed by atoms with van der Waals surface area (Å²) in [6, 6.07) is 13.7. The fourth-order valence-corrected chi connectivity index (χ4v) is 3.74. The van der Waals surface area contributed by atoms with Crippen molar-refractivity contribution in [2.45, 2.75) is 6.54 Å². The summed E-state index contributed by atoms with van der Waals surface area (Å²) >= 11 is 3.52. The molecule has 2 aromatic carbocycles. The molecule has 1 amide bonds. The van der Waals surface area contributed by atoms with Crippen molar-refractivity contribution in [3.05, 3.63) is 58.1 Å². The van der Waals surface area contributed by atoms with E-state index in [-0.39, 0.29) is 5.91 Å². The van der Waals surface area contributed by atoms with Gasteiger partial charge in [0.1, 0.15) is 6.54 Å². The van der Waals surface area contributed by atoms with Crippen LogP contribution in [0.2, 0.25) is 0 Å². The van der Waals surface area contributed by atoms with Crippen molar-refractivity contribution in [2.24, 2.45) is 0 Å². The maximum atomic E-state index is 12.8. The molecule has 1 saturated heterocycles. The fraction of sp³-hybridized carbons (Fsp3) is 0.350. The molecule has 3 rings (SSSR count). The number of nitrogens with one attached hydrogen (secondary N) is 1. The van der Waals surface area contributed by atoms with Crippen molar-refractivity contribution in [1.82, 2.24) is 4.90 Å². The predicted molar refractivity (Wildman–Crippen MR) is 104 cm³/mol. The van der Waals surface area contributed by atoms with Gasteiger partial charge in [-0.25, -0.2) is 0 Å². The van der Waals surface area contributed by atoms with Gasteiger partial charge in [-0.3, -0.25) is 4.79 Å². The molecular weight excluding hydrogens is 396 g/mol. The molecule has 138 valence electrons. The van der Waals surface area contributed by atoms with Gasteiger partial charge in [0.2, 0.25) is 0 Å². The highest BCUT2D eigenvalue weighted by molar-refractivity contribution is 9.10. The molecule has 0 bridgehead atoms. The number of carbonyl (C=O) groups is 1. The van der Waals surface area contributed by atoms with Crippen LogP contribution in [0.25, 0.3) is 0 Å². The molecule has 0 saturated carbocycles. The molecule has 0 atom stereocenters. The van der Waals surface area contributed by atoms with Crippen LogP contribution in [0.15, 0.2) is 46.9 Å². The predicted octanol–water partition coefficient (Wildman–Crippen LogP) is 2.01. The van der Waals surface area contributed by atoms with Crippen LogP contribution in [0.3, 0.4) is 0 Å². The Bertz CT molecular complexity index is 773. The van der Waals surface area contributed by atoms with Crippen LogP contribution in [0.1, 0.15) is 15.9 Å². The molecule has 1 heterocycles. The van der Waals surface area contributed by atoms with Crippen LogP contribution < -0.4 is 14.4 Å². The number of quaternary nitrogens is 1. The third-order valence-corrected chi connectivity index (χ3v) is 5.22. The maximum absolute atomic E-state index is 12.8. The Morgan fingerprint density at radius 2 is 1.81 bits per heavy atom. The molecule has 2 aromatic rings. The first-order valence-electron chi connectivity index (χ1n) is 8.70. The number of benzene rings is 2. The minimum absolute atomic E-state index is 0.0486. The van der Waals surface area contributed by atoms with Crippen LogP contribution in [-0.4, -0.2) is 51.2 Å². The van der Waals surface area contributed by atoms with E-state index in [0.29, 0.717) is 17.1 Å². The standard InChI is InChI=1S/C20H23BrN2O3/c1-25-18-7-6-16(13-19(18)26-2)20(24)23-10-8-22(9-11-23)14-15-4-3-5-17(21)12-15/h3-7,12-13H,8-11,14H2,1-2H3/p+1. The van der Waals surface area contributed by atoms with Crippen LogP contribution in [0.5, 0.6) is 11.5 Å². The second-order valence-corrected chi connectivity index (χ2v) is 7.33. The number of methoxy groups -OCH3 is 2. The summed E-state index contributed by atoms with van der Waals surface area (Å²) in [6.45, 7) is 4.40. The average Bonchev–Trinajstić information content (AvgIpc) is 2.67. The normalized spacial score (nSPS) is 15.0. The first kappa shape index (κ1) is 18.7. The molecule has 0 aromatic heterocycles. The number of hydrogen-bond donors (Lipinski definition) is 1. The summed E-state index contributed by atoms with van der Waals surface area (Å²) in [5.74, 6) is 1.26. The summed E-state index contributed by atoms with van der Waals surface area (Å²) in [5.41, 5.74) is 1.95. The van der Waals surface area contributed by atoms with Crippen LogP contribution in [-0.2, 0) is 6.54 Å². The number of ether oxygens (including phenoxy) is 2. The van der Waals surface area contributed by atoms with Crippen molar-refractivity contribution in [3.63, 3.8) is 0 Å². The molecule has 1 N–H and O–H groups in total. The van der Waals surface area contributed by atoms with Crippen LogP contribution >= 0.6 is 15.9 Å². The smallest absolute Gasteiger partial charge is 0.254 e. The number of carbonyl (C=O) groups excluding carboxylic acids is 1. The fourth-order valence-electron chi connectivity index (χ4n) is 3.29. The quantitative estimate of drug-likeness (QED) is 0.805. The van der Waals surface area contributed by atoms with E-state index in [1.165, 1.54) is 10.5 Å². The third-order valence-electron chi connectivity index (χ3n) is 4.73. The van der Waals surface area contributed by atoms with E-state index in [1.807, 2.05) is 11.0 Å². The zero-order valence-electron chi connectivity index (χ0n) is 15.1. The minimum Gasteiger partial charge on any atom is -0.493 e. The van der Waals surface area contributed by atoms with Crippen molar-refractivity contribution in [2.75, 3.05) is 40.4 Å². The number of piperazine rings is 1. The second-order valence-electron chi connectivity index (χ2n) is 6.42. The molecule has 1 fully saturated rings. The lowest BCUT2D eigenvalue weighted by molar-refractivity contribution is -0.917. The lowest BCUT2D eigenvalue weighted by Gasteiger charge is -2.32. The monoisotopic (exact) mass is 419 g/mol. The van der Waals surface area contributed by atoms with E-state index >= 15 is 0 Å². The van der Waals surface area contributed by atoms with Gasteiger partial charge in [0.25, 0.3) is 5.91 Å². The Morgan fingerprint density at radius 1 is 1.08 bits per heavy atom. The summed E-state index contributed by atoms with van der Waals surface area (Å²) in [5, 5.41) is 0. The van der Waals surface area contributed by atoms with Crippen molar-refractivity contribution in [1.29, 1.82) is 0 Å². The molecule has 26 heavy (non-hydrogen) atoms. The summed E-state index contributed by atoms with van der Waals surface area (Å²) < 4.78 is 11.7. The number of rotatable bonds is 5. The summed E-state index contributed by atoms with van der Waals surface area (Å²) in [4.78, 5) is 16.2. The number of nitrogens with zero attached hydrogens (tertiary/aromatic N) is 1. The van der Waals surface area contributed by atoms with Gasteiger partial charge in [-0.2, -0.15) is 0 Å². The van der Waals surface area contributed by atoms with Crippen LogP contribution in [0, 0.1) is 0 Å². The average molecular weight is 420 g/mol. The highest BCUT2D eigenvalue weighted by atomic mass is 79.9. The van der Waals surface area contributed by atoms with E-state index < -0.39 is 0 Å². The Hall–Kier alpha value is -2.05. The Balaban J connectivity index is 1.60. The van der Waals surface area contributed by atoms with Gasteiger partial charge in [-0.1, -0.05) is 28.1 Å². The number of amides is 1. The zero-order valence-corrected chi connectivity index (χ0v) is 16.7. The first-order chi connectivity index (χ1) is 12.6. The van der Waals surface area contributed by atoms with Gasteiger partial charge < -0.3 is 19.3 Å². The molecular formula is C20H24BrN2O3+. The maximum Gasteiger partial charge on any atom is 0.254 e. The van der Waals surface area contributed by atoms with Gasteiger partial charge in [-0.05, 0) is 30.3 Å². The molecule has 0 aliphatic carbocycles. The number of halogens is 1. The largest absolute Gasteiger partial charge is 0.493 e. The molecule has 1 aliphatic rings. The van der Waals surface area contributed by atoms with Gasteiger partial charge in [0.15, 0.2) is 11.5 Å². The van der Waals surface area contributed by atoms with Crippen LogP contribution in [0.4, 0.5) is 0 Å². The molecule has 0 radical (unpaired) electrons.